The number of thioether (sulfide) groups is 1. The van der Waals surface area contributed by atoms with E-state index in [-0.39, 0.29) is 5.54 Å². The largest absolute Gasteiger partial charge is 0.308 e. The molecule has 0 saturated heterocycles. The first-order chi connectivity index (χ1) is 9.92. The minimum absolute atomic E-state index is 0.149. The van der Waals surface area contributed by atoms with Gasteiger partial charge < -0.3 is 5.32 Å². The monoisotopic (exact) mass is 311 g/mol. The molecule has 0 radical (unpaired) electrons. The molecule has 0 aromatic carbocycles. The number of nitrogens with one attached hydrogen (secondary N) is 1. The van der Waals surface area contributed by atoms with Crippen molar-refractivity contribution >= 4 is 11.8 Å². The van der Waals surface area contributed by atoms with E-state index in [4.69, 9.17) is 5.10 Å². The van der Waals surface area contributed by atoms with Crippen LogP contribution in [-0.2, 0) is 25.9 Å². The predicted molar refractivity (Wildman–Crippen MR) is 95.2 cm³/mol. The molecule has 0 fully saturated rings. The highest BCUT2D eigenvalue weighted by Gasteiger charge is 2.17. The molecule has 0 aliphatic rings. The molecule has 1 N–H and O–H groups in total. The van der Waals surface area contributed by atoms with Gasteiger partial charge in [-0.3, -0.25) is 4.68 Å². The smallest absolute Gasteiger partial charge is 0.0669 e. The highest BCUT2D eigenvalue weighted by Crippen LogP contribution is 2.18. The molecule has 4 heteroatoms. The Hall–Kier alpha value is -0.480. The predicted octanol–water partition coefficient (Wildman–Crippen LogP) is 4.04. The fraction of sp³-hybridized carbons (Fsp3) is 0.824. The maximum absolute atomic E-state index is 4.87. The number of hydrogen-bond donors (Lipinski definition) is 1. The molecule has 1 aromatic rings. The summed E-state index contributed by atoms with van der Waals surface area (Å²) in [4.78, 5) is 0. The van der Waals surface area contributed by atoms with E-state index in [0.717, 1.165) is 25.9 Å². The standard InChI is InChI=1S/C17H33N3S/c1-7-15-14(13-18-17(4,5)6)16(8-2)20(19-15)11-10-12-21-9-3/h18H,7-13H2,1-6H3. The van der Waals surface area contributed by atoms with Crippen LogP contribution in [0.1, 0.15) is 64.9 Å². The molecule has 0 spiro atoms. The van der Waals surface area contributed by atoms with E-state index >= 15 is 0 Å². The van der Waals surface area contributed by atoms with Gasteiger partial charge in [0, 0.05) is 29.9 Å². The van der Waals surface area contributed by atoms with Crippen molar-refractivity contribution in [3.8, 4) is 0 Å². The number of aryl methyl sites for hydroxylation is 2. The summed E-state index contributed by atoms with van der Waals surface area (Å²) in [6.45, 7) is 15.3. The molecular formula is C17H33N3S. The van der Waals surface area contributed by atoms with Crippen molar-refractivity contribution in [1.82, 2.24) is 15.1 Å². The molecule has 0 aliphatic carbocycles. The van der Waals surface area contributed by atoms with Crippen LogP contribution in [-0.4, -0.2) is 26.8 Å². The zero-order valence-corrected chi connectivity index (χ0v) is 15.6. The minimum Gasteiger partial charge on any atom is -0.308 e. The Labute approximate surface area is 135 Å². The maximum Gasteiger partial charge on any atom is 0.0669 e. The number of nitrogens with zero attached hydrogens (tertiary/aromatic N) is 2. The van der Waals surface area contributed by atoms with Gasteiger partial charge in [0.05, 0.1) is 5.69 Å². The van der Waals surface area contributed by atoms with Crippen LogP contribution in [0.2, 0.25) is 0 Å². The summed E-state index contributed by atoms with van der Waals surface area (Å²) in [6, 6.07) is 0. The van der Waals surface area contributed by atoms with Crippen molar-refractivity contribution in [1.29, 1.82) is 0 Å². The average Bonchev–Trinajstić information content (AvgIpc) is 2.77. The third kappa shape index (κ3) is 6.03. The van der Waals surface area contributed by atoms with Crippen LogP contribution in [0, 0.1) is 0 Å². The zero-order valence-electron chi connectivity index (χ0n) is 14.8. The molecule has 1 aromatic heterocycles. The van der Waals surface area contributed by atoms with Gasteiger partial charge in [-0.25, -0.2) is 0 Å². The second-order valence-electron chi connectivity index (χ2n) is 6.46. The van der Waals surface area contributed by atoms with Gasteiger partial charge in [-0.05, 0) is 51.5 Å². The van der Waals surface area contributed by atoms with Gasteiger partial charge in [-0.15, -0.1) is 0 Å². The highest BCUT2D eigenvalue weighted by atomic mass is 32.2. The van der Waals surface area contributed by atoms with Gasteiger partial charge in [0.15, 0.2) is 0 Å². The van der Waals surface area contributed by atoms with Crippen LogP contribution in [0.5, 0.6) is 0 Å². The van der Waals surface area contributed by atoms with Gasteiger partial charge in [-0.1, -0.05) is 20.8 Å². The van der Waals surface area contributed by atoms with E-state index in [0.29, 0.717) is 0 Å². The van der Waals surface area contributed by atoms with Crippen LogP contribution in [0.4, 0.5) is 0 Å². The van der Waals surface area contributed by atoms with Crippen molar-refractivity contribution in [3.63, 3.8) is 0 Å². The Kier molecular flexibility index (Phi) is 7.82. The quantitative estimate of drug-likeness (QED) is 0.698. The average molecular weight is 312 g/mol. The first-order valence-electron chi connectivity index (χ1n) is 8.33. The van der Waals surface area contributed by atoms with Crippen LogP contribution >= 0.6 is 11.8 Å². The van der Waals surface area contributed by atoms with E-state index in [2.05, 4.69) is 51.5 Å². The third-order valence-electron chi connectivity index (χ3n) is 3.58. The SMILES string of the molecule is CCSCCCn1nc(CC)c(CNC(C)(C)C)c1CC. The molecule has 3 nitrogen and oxygen atoms in total. The van der Waals surface area contributed by atoms with Crippen molar-refractivity contribution in [2.45, 2.75) is 79.4 Å². The summed E-state index contributed by atoms with van der Waals surface area (Å²) in [5, 5.41) is 8.49. The number of rotatable bonds is 9. The molecular weight excluding hydrogens is 278 g/mol. The van der Waals surface area contributed by atoms with E-state index in [9.17, 15) is 0 Å². The fourth-order valence-electron chi connectivity index (χ4n) is 2.47. The summed E-state index contributed by atoms with van der Waals surface area (Å²) in [7, 11) is 0. The van der Waals surface area contributed by atoms with E-state index in [1.54, 1.807) is 0 Å². The summed E-state index contributed by atoms with van der Waals surface area (Å²) in [5.41, 5.74) is 4.27. The Morgan fingerprint density at radius 1 is 1.14 bits per heavy atom. The topological polar surface area (TPSA) is 29.9 Å². The first-order valence-corrected chi connectivity index (χ1v) is 9.48. The molecule has 0 amide bonds. The summed E-state index contributed by atoms with van der Waals surface area (Å²) in [6.07, 6.45) is 3.29. The number of aromatic nitrogens is 2. The minimum atomic E-state index is 0.149. The summed E-state index contributed by atoms with van der Waals surface area (Å²) in [5.74, 6) is 2.44. The molecule has 21 heavy (non-hydrogen) atoms. The molecule has 0 bridgehead atoms. The van der Waals surface area contributed by atoms with Crippen LogP contribution in [0.25, 0.3) is 0 Å². The highest BCUT2D eigenvalue weighted by molar-refractivity contribution is 7.99. The fourth-order valence-corrected chi connectivity index (χ4v) is 3.09. The lowest BCUT2D eigenvalue weighted by molar-refractivity contribution is 0.422. The molecule has 0 aliphatic heterocycles. The summed E-state index contributed by atoms with van der Waals surface area (Å²) < 4.78 is 2.26. The van der Waals surface area contributed by atoms with Crippen LogP contribution in [0.3, 0.4) is 0 Å². The van der Waals surface area contributed by atoms with Crippen molar-refractivity contribution in [2.75, 3.05) is 11.5 Å². The molecule has 122 valence electrons. The van der Waals surface area contributed by atoms with Crippen molar-refractivity contribution in [2.24, 2.45) is 0 Å². The van der Waals surface area contributed by atoms with E-state index in [1.807, 2.05) is 11.8 Å². The summed E-state index contributed by atoms with van der Waals surface area (Å²) >= 11 is 2.02. The molecule has 1 rings (SSSR count). The van der Waals surface area contributed by atoms with Crippen LogP contribution < -0.4 is 5.32 Å². The van der Waals surface area contributed by atoms with Crippen LogP contribution in [0.15, 0.2) is 0 Å². The van der Waals surface area contributed by atoms with Gasteiger partial charge in [0.1, 0.15) is 0 Å². The molecule has 0 saturated carbocycles. The first kappa shape index (κ1) is 18.6. The second-order valence-corrected chi connectivity index (χ2v) is 7.85. The van der Waals surface area contributed by atoms with Gasteiger partial charge >= 0.3 is 0 Å². The third-order valence-corrected chi connectivity index (χ3v) is 4.56. The molecule has 0 atom stereocenters. The Morgan fingerprint density at radius 3 is 2.38 bits per heavy atom. The zero-order chi connectivity index (χ0) is 15.9. The normalized spacial score (nSPS) is 12.1. The van der Waals surface area contributed by atoms with Gasteiger partial charge in [0.25, 0.3) is 0 Å². The Balaban J connectivity index is 2.82. The van der Waals surface area contributed by atoms with E-state index in [1.165, 1.54) is 34.9 Å². The Morgan fingerprint density at radius 2 is 1.86 bits per heavy atom. The van der Waals surface area contributed by atoms with Gasteiger partial charge in [-0.2, -0.15) is 16.9 Å². The van der Waals surface area contributed by atoms with Crippen molar-refractivity contribution < 1.29 is 0 Å². The lowest BCUT2D eigenvalue weighted by Gasteiger charge is -2.21. The lowest BCUT2D eigenvalue weighted by atomic mass is 10.1. The Bertz CT molecular complexity index is 418. The second kappa shape index (κ2) is 8.84. The maximum atomic E-state index is 4.87. The molecule has 1 heterocycles. The molecule has 0 unspecified atom stereocenters. The van der Waals surface area contributed by atoms with Gasteiger partial charge in [0.2, 0.25) is 0 Å². The lowest BCUT2D eigenvalue weighted by Crippen LogP contribution is -2.35. The number of hydrogen-bond acceptors (Lipinski definition) is 3. The van der Waals surface area contributed by atoms with Crippen molar-refractivity contribution in [3.05, 3.63) is 17.0 Å². The van der Waals surface area contributed by atoms with E-state index < -0.39 is 0 Å².